The molecule has 1 N–H and O–H groups in total. The van der Waals surface area contributed by atoms with Crippen molar-refractivity contribution in [1.82, 2.24) is 24.6 Å². The summed E-state index contributed by atoms with van der Waals surface area (Å²) in [5.74, 6) is 0.726. The van der Waals surface area contributed by atoms with E-state index in [1.807, 2.05) is 32.4 Å². The maximum absolute atomic E-state index is 10.8. The predicted octanol–water partition coefficient (Wildman–Crippen LogP) is 3.87. The van der Waals surface area contributed by atoms with Gasteiger partial charge in [0, 0.05) is 60.6 Å². The highest BCUT2D eigenvalue weighted by atomic mass is 16.3. The summed E-state index contributed by atoms with van der Waals surface area (Å²) in [4.78, 5) is 14.5. The first kappa shape index (κ1) is 19.5. The molecular formula is C25H28N6O. The Kier molecular flexibility index (Phi) is 4.54. The van der Waals surface area contributed by atoms with Crippen LogP contribution < -0.4 is 4.90 Å². The Morgan fingerprint density at radius 3 is 2.59 bits per heavy atom. The number of aromatic nitrogens is 4. The van der Waals surface area contributed by atoms with E-state index in [1.165, 1.54) is 38.0 Å². The van der Waals surface area contributed by atoms with Crippen LogP contribution in [0.25, 0.3) is 33.2 Å². The summed E-state index contributed by atoms with van der Waals surface area (Å²) in [6, 6.07) is 9.11. The van der Waals surface area contributed by atoms with Crippen LogP contribution >= 0.6 is 0 Å². The van der Waals surface area contributed by atoms with Gasteiger partial charge < -0.3 is 14.9 Å². The highest BCUT2D eigenvalue weighted by Gasteiger charge is 2.28. The lowest BCUT2D eigenvalue weighted by molar-refractivity contribution is 0.100. The van der Waals surface area contributed by atoms with E-state index in [0.29, 0.717) is 11.4 Å². The fraction of sp³-hybridized carbons (Fsp3) is 0.400. The van der Waals surface area contributed by atoms with Crippen molar-refractivity contribution in [2.75, 3.05) is 31.1 Å². The Morgan fingerprint density at radius 2 is 1.84 bits per heavy atom. The van der Waals surface area contributed by atoms with Crippen molar-refractivity contribution in [2.45, 2.75) is 32.2 Å². The van der Waals surface area contributed by atoms with Crippen LogP contribution in [-0.4, -0.2) is 62.0 Å². The second-order valence-corrected chi connectivity index (χ2v) is 9.18. The summed E-state index contributed by atoms with van der Waals surface area (Å²) in [6.45, 7) is 6.65. The standard InChI is InChI=1S/C25H28N6O/c1-16-23-18(15-29(2)28-23)13-21(24(16)32)25-26-14-17-12-20(4-5-22(17)27-25)31-10-6-19(7-11-31)30-8-3-9-30/h4-5,12-15,19,32H,3,6-11H2,1-2H3. The van der Waals surface area contributed by atoms with Gasteiger partial charge in [-0.1, -0.05) is 0 Å². The SMILES string of the molecule is Cc1c(O)c(-c2ncc3cc(N4CCC(N5CCC5)CC4)ccc3n2)cc2cn(C)nc12. The van der Waals surface area contributed by atoms with Crippen molar-refractivity contribution in [3.05, 3.63) is 42.2 Å². The van der Waals surface area contributed by atoms with Gasteiger partial charge in [0.15, 0.2) is 5.82 Å². The fourth-order valence-corrected chi connectivity index (χ4v) is 5.15. The van der Waals surface area contributed by atoms with Gasteiger partial charge in [0.25, 0.3) is 0 Å². The quantitative estimate of drug-likeness (QED) is 0.534. The molecule has 0 bridgehead atoms. The molecule has 0 atom stereocenters. The van der Waals surface area contributed by atoms with Gasteiger partial charge in [-0.2, -0.15) is 5.10 Å². The Hall–Kier alpha value is -3.19. The van der Waals surface area contributed by atoms with Gasteiger partial charge in [0.05, 0.1) is 16.6 Å². The fourth-order valence-electron chi connectivity index (χ4n) is 5.15. The molecule has 7 heteroatoms. The molecule has 0 amide bonds. The summed E-state index contributed by atoms with van der Waals surface area (Å²) in [6.07, 6.45) is 7.66. The van der Waals surface area contributed by atoms with Crippen molar-refractivity contribution < 1.29 is 5.11 Å². The maximum Gasteiger partial charge on any atom is 0.163 e. The number of phenolic OH excluding ortho intramolecular Hbond substituents is 1. The van der Waals surface area contributed by atoms with Crippen molar-refractivity contribution >= 4 is 27.5 Å². The first-order chi connectivity index (χ1) is 15.6. The number of aromatic hydroxyl groups is 1. The zero-order valence-corrected chi connectivity index (χ0v) is 18.6. The summed E-state index contributed by atoms with van der Waals surface area (Å²) in [7, 11) is 1.88. The van der Waals surface area contributed by atoms with Crippen LogP contribution in [0.5, 0.6) is 5.75 Å². The molecule has 4 heterocycles. The minimum atomic E-state index is 0.192. The molecule has 0 radical (unpaired) electrons. The third-order valence-corrected chi connectivity index (χ3v) is 7.16. The molecule has 6 rings (SSSR count). The largest absolute Gasteiger partial charge is 0.507 e. The van der Waals surface area contributed by atoms with Gasteiger partial charge >= 0.3 is 0 Å². The summed E-state index contributed by atoms with van der Waals surface area (Å²) in [5.41, 5.74) is 4.32. The van der Waals surface area contributed by atoms with E-state index in [9.17, 15) is 5.11 Å². The molecule has 2 aliphatic rings. The van der Waals surface area contributed by atoms with Gasteiger partial charge in [0.2, 0.25) is 0 Å². The third-order valence-electron chi connectivity index (χ3n) is 7.16. The van der Waals surface area contributed by atoms with Gasteiger partial charge in [-0.15, -0.1) is 0 Å². The number of hydrogen-bond acceptors (Lipinski definition) is 6. The highest BCUT2D eigenvalue weighted by Crippen LogP contribution is 2.36. The zero-order valence-electron chi connectivity index (χ0n) is 18.6. The molecule has 0 saturated carbocycles. The van der Waals surface area contributed by atoms with Crippen LogP contribution in [0.2, 0.25) is 0 Å². The highest BCUT2D eigenvalue weighted by molar-refractivity contribution is 5.91. The maximum atomic E-state index is 10.8. The molecule has 2 saturated heterocycles. The van der Waals surface area contributed by atoms with Crippen LogP contribution in [0.1, 0.15) is 24.8 Å². The molecule has 2 aromatic carbocycles. The molecule has 2 aliphatic heterocycles. The molecular weight excluding hydrogens is 400 g/mol. The van der Waals surface area contributed by atoms with E-state index in [4.69, 9.17) is 4.98 Å². The number of phenols is 1. The van der Waals surface area contributed by atoms with Gasteiger partial charge in [-0.25, -0.2) is 9.97 Å². The van der Waals surface area contributed by atoms with E-state index in [0.717, 1.165) is 46.5 Å². The second-order valence-electron chi connectivity index (χ2n) is 9.18. The van der Waals surface area contributed by atoms with Crippen molar-refractivity contribution in [2.24, 2.45) is 7.05 Å². The molecule has 0 spiro atoms. The minimum Gasteiger partial charge on any atom is -0.507 e. The first-order valence-corrected chi connectivity index (χ1v) is 11.5. The average Bonchev–Trinajstić information content (AvgIpc) is 3.15. The van der Waals surface area contributed by atoms with E-state index < -0.39 is 0 Å². The van der Waals surface area contributed by atoms with E-state index in [-0.39, 0.29) is 5.75 Å². The lowest BCUT2D eigenvalue weighted by atomic mass is 9.99. The van der Waals surface area contributed by atoms with Crippen LogP contribution in [0.4, 0.5) is 5.69 Å². The predicted molar refractivity (Wildman–Crippen MR) is 127 cm³/mol. The third kappa shape index (κ3) is 3.19. The molecule has 2 aromatic heterocycles. The number of rotatable bonds is 3. The van der Waals surface area contributed by atoms with E-state index in [1.54, 1.807) is 4.68 Å². The minimum absolute atomic E-state index is 0.192. The molecule has 32 heavy (non-hydrogen) atoms. The van der Waals surface area contributed by atoms with Gasteiger partial charge in [0.1, 0.15) is 5.75 Å². The Bertz CT molecular complexity index is 1320. The number of fused-ring (bicyclic) bond motifs is 2. The molecule has 7 nitrogen and oxygen atoms in total. The van der Waals surface area contributed by atoms with Gasteiger partial charge in [-0.3, -0.25) is 4.68 Å². The van der Waals surface area contributed by atoms with E-state index in [2.05, 4.69) is 38.1 Å². The number of benzene rings is 2. The summed E-state index contributed by atoms with van der Waals surface area (Å²) < 4.78 is 1.76. The number of nitrogens with zero attached hydrogens (tertiary/aromatic N) is 6. The summed E-state index contributed by atoms with van der Waals surface area (Å²) >= 11 is 0. The Morgan fingerprint density at radius 1 is 1.03 bits per heavy atom. The smallest absolute Gasteiger partial charge is 0.163 e. The average molecular weight is 429 g/mol. The van der Waals surface area contributed by atoms with Crippen LogP contribution in [0.15, 0.2) is 36.7 Å². The van der Waals surface area contributed by atoms with Crippen molar-refractivity contribution in [3.63, 3.8) is 0 Å². The number of anilines is 1. The van der Waals surface area contributed by atoms with E-state index >= 15 is 0 Å². The van der Waals surface area contributed by atoms with Crippen LogP contribution in [-0.2, 0) is 7.05 Å². The Balaban J connectivity index is 1.29. The van der Waals surface area contributed by atoms with Gasteiger partial charge in [-0.05, 0) is 63.5 Å². The number of aryl methyl sites for hydroxylation is 2. The molecule has 164 valence electrons. The van der Waals surface area contributed by atoms with Crippen molar-refractivity contribution in [3.8, 4) is 17.1 Å². The number of likely N-dealkylation sites (tertiary alicyclic amines) is 1. The first-order valence-electron chi connectivity index (χ1n) is 11.5. The normalized spacial score (nSPS) is 17.9. The Labute approximate surface area is 187 Å². The number of piperidine rings is 1. The lowest BCUT2D eigenvalue weighted by Gasteiger charge is -2.43. The molecule has 0 unspecified atom stereocenters. The van der Waals surface area contributed by atoms with Crippen LogP contribution in [0, 0.1) is 6.92 Å². The topological polar surface area (TPSA) is 70.3 Å². The molecule has 4 aromatic rings. The summed E-state index contributed by atoms with van der Waals surface area (Å²) in [5, 5.41) is 17.2. The lowest BCUT2D eigenvalue weighted by Crippen LogP contribution is -2.50. The molecule has 2 fully saturated rings. The zero-order chi connectivity index (χ0) is 21.8. The monoisotopic (exact) mass is 428 g/mol. The van der Waals surface area contributed by atoms with Crippen molar-refractivity contribution in [1.29, 1.82) is 0 Å². The molecule has 0 aliphatic carbocycles. The number of hydrogen-bond donors (Lipinski definition) is 1. The van der Waals surface area contributed by atoms with Crippen LogP contribution in [0.3, 0.4) is 0 Å². The second kappa shape index (κ2) is 7.45.